The number of nitrogens with one attached hydrogen (secondary N) is 1. The fourth-order valence-corrected chi connectivity index (χ4v) is 3.33. The number of nitrogens with zero attached hydrogens (tertiary/aromatic N) is 2. The van der Waals surface area contributed by atoms with Crippen LogP contribution >= 0.6 is 11.3 Å². The molecule has 2 aromatic heterocycles. The van der Waals surface area contributed by atoms with Gasteiger partial charge in [-0.3, -0.25) is 0 Å². The van der Waals surface area contributed by atoms with Crippen LogP contribution in [-0.4, -0.2) is 24.6 Å². The minimum absolute atomic E-state index is 0.327. The predicted molar refractivity (Wildman–Crippen MR) is 84.3 cm³/mol. The Morgan fingerprint density at radius 3 is 2.62 bits per heavy atom. The van der Waals surface area contributed by atoms with Crippen molar-refractivity contribution in [1.29, 1.82) is 0 Å². The van der Waals surface area contributed by atoms with Crippen molar-refractivity contribution < 1.29 is 8.42 Å². The molecule has 0 radical (unpaired) electrons. The summed E-state index contributed by atoms with van der Waals surface area (Å²) in [4.78, 5) is 9.71. The maximum absolute atomic E-state index is 11.4. The van der Waals surface area contributed by atoms with Crippen LogP contribution in [0.3, 0.4) is 0 Å². The summed E-state index contributed by atoms with van der Waals surface area (Å²) < 4.78 is 22.8. The lowest BCUT2D eigenvalue weighted by Gasteiger charge is -2.07. The molecule has 3 rings (SSSR count). The van der Waals surface area contributed by atoms with E-state index in [0.717, 1.165) is 21.6 Å². The molecule has 108 valence electrons. The van der Waals surface area contributed by atoms with Gasteiger partial charge in [0.25, 0.3) is 0 Å². The molecule has 0 amide bonds. The van der Waals surface area contributed by atoms with Crippen molar-refractivity contribution >= 4 is 37.2 Å². The first-order chi connectivity index (χ1) is 10.0. The van der Waals surface area contributed by atoms with Crippen molar-refractivity contribution in [3.05, 3.63) is 47.6 Å². The van der Waals surface area contributed by atoms with E-state index in [1.54, 1.807) is 35.6 Å². The summed E-state index contributed by atoms with van der Waals surface area (Å²) in [6.45, 7) is 0.575. The van der Waals surface area contributed by atoms with E-state index in [9.17, 15) is 8.42 Å². The van der Waals surface area contributed by atoms with E-state index in [-0.39, 0.29) is 0 Å². The molecule has 2 heterocycles. The van der Waals surface area contributed by atoms with Crippen LogP contribution in [0.5, 0.6) is 0 Å². The van der Waals surface area contributed by atoms with Gasteiger partial charge >= 0.3 is 0 Å². The molecule has 0 fully saturated rings. The maximum atomic E-state index is 11.4. The van der Waals surface area contributed by atoms with Gasteiger partial charge < -0.3 is 5.32 Å². The van der Waals surface area contributed by atoms with Crippen LogP contribution in [0.25, 0.3) is 10.2 Å². The zero-order chi connectivity index (χ0) is 14.9. The molecule has 0 aliphatic heterocycles. The third-order valence-electron chi connectivity index (χ3n) is 3.07. The summed E-state index contributed by atoms with van der Waals surface area (Å²) >= 11 is 1.57. The van der Waals surface area contributed by atoms with Gasteiger partial charge in [0, 0.05) is 12.8 Å². The molecule has 0 aliphatic carbocycles. The normalized spacial score (nSPS) is 11.7. The lowest BCUT2D eigenvalue weighted by atomic mass is 10.2. The fourth-order valence-electron chi connectivity index (χ4n) is 1.97. The molecule has 1 aromatic carbocycles. The second-order valence-electron chi connectivity index (χ2n) is 4.63. The van der Waals surface area contributed by atoms with E-state index in [1.807, 2.05) is 11.4 Å². The predicted octanol–water partition coefficient (Wildman–Crippen LogP) is 2.71. The smallest absolute Gasteiger partial charge is 0.175 e. The van der Waals surface area contributed by atoms with Gasteiger partial charge in [-0.25, -0.2) is 18.4 Å². The Kier molecular flexibility index (Phi) is 3.60. The monoisotopic (exact) mass is 319 g/mol. The van der Waals surface area contributed by atoms with Crippen molar-refractivity contribution in [3.63, 3.8) is 0 Å². The molecule has 0 saturated heterocycles. The van der Waals surface area contributed by atoms with Crippen molar-refractivity contribution in [3.8, 4) is 0 Å². The first-order valence-corrected chi connectivity index (χ1v) is 9.02. The Morgan fingerprint density at radius 1 is 1.14 bits per heavy atom. The van der Waals surface area contributed by atoms with Gasteiger partial charge in [-0.2, -0.15) is 0 Å². The molecule has 0 unspecified atom stereocenters. The van der Waals surface area contributed by atoms with E-state index in [1.165, 1.54) is 12.6 Å². The standard InChI is InChI=1S/C14H13N3O2S2/c1-21(18,19)11-4-2-10(3-5-11)8-15-13-12-6-7-20-14(12)17-9-16-13/h2-7,9H,8H2,1H3,(H,15,16,17). The summed E-state index contributed by atoms with van der Waals surface area (Å²) in [5, 5.41) is 6.23. The van der Waals surface area contributed by atoms with E-state index >= 15 is 0 Å². The van der Waals surface area contributed by atoms with Crippen LogP contribution in [0, 0.1) is 0 Å². The number of fused-ring (bicyclic) bond motifs is 1. The van der Waals surface area contributed by atoms with Gasteiger partial charge in [0.1, 0.15) is 17.0 Å². The van der Waals surface area contributed by atoms with Gasteiger partial charge in [-0.05, 0) is 29.1 Å². The number of aromatic nitrogens is 2. The summed E-state index contributed by atoms with van der Waals surface area (Å²) in [5.74, 6) is 0.786. The highest BCUT2D eigenvalue weighted by Crippen LogP contribution is 2.24. The summed E-state index contributed by atoms with van der Waals surface area (Å²) in [6.07, 6.45) is 2.74. The van der Waals surface area contributed by atoms with Crippen molar-refractivity contribution in [1.82, 2.24) is 9.97 Å². The number of hydrogen-bond acceptors (Lipinski definition) is 6. The van der Waals surface area contributed by atoms with Crippen molar-refractivity contribution in [2.75, 3.05) is 11.6 Å². The van der Waals surface area contributed by atoms with E-state index in [2.05, 4.69) is 15.3 Å². The van der Waals surface area contributed by atoms with Crippen LogP contribution in [0.15, 0.2) is 46.9 Å². The van der Waals surface area contributed by atoms with Crippen LogP contribution in [-0.2, 0) is 16.4 Å². The van der Waals surface area contributed by atoms with Gasteiger partial charge in [0.05, 0.1) is 10.3 Å². The van der Waals surface area contributed by atoms with Crippen molar-refractivity contribution in [2.45, 2.75) is 11.4 Å². The molecule has 1 N–H and O–H groups in total. The van der Waals surface area contributed by atoms with Gasteiger partial charge in [0.15, 0.2) is 9.84 Å². The Balaban J connectivity index is 1.77. The molecule has 3 aromatic rings. The zero-order valence-corrected chi connectivity index (χ0v) is 12.9. The molecule has 7 heteroatoms. The molecule has 0 aliphatic rings. The third kappa shape index (κ3) is 3.03. The largest absolute Gasteiger partial charge is 0.365 e. The lowest BCUT2D eigenvalue weighted by molar-refractivity contribution is 0.602. The second-order valence-corrected chi connectivity index (χ2v) is 7.54. The van der Waals surface area contributed by atoms with Crippen LogP contribution in [0.4, 0.5) is 5.82 Å². The highest BCUT2D eigenvalue weighted by Gasteiger charge is 2.07. The molecular formula is C14H13N3O2S2. The zero-order valence-electron chi connectivity index (χ0n) is 11.3. The Bertz CT molecular complexity index is 871. The highest BCUT2D eigenvalue weighted by molar-refractivity contribution is 7.90. The Morgan fingerprint density at radius 2 is 1.90 bits per heavy atom. The average molecular weight is 319 g/mol. The molecule has 0 spiro atoms. The molecular weight excluding hydrogens is 306 g/mol. The molecule has 0 bridgehead atoms. The number of rotatable bonds is 4. The Hall–Kier alpha value is -1.99. The molecule has 0 saturated carbocycles. The van der Waals surface area contributed by atoms with Crippen LogP contribution < -0.4 is 5.32 Å². The first-order valence-electron chi connectivity index (χ1n) is 6.25. The van der Waals surface area contributed by atoms with Crippen LogP contribution in [0.2, 0.25) is 0 Å². The number of thiophene rings is 1. The van der Waals surface area contributed by atoms with E-state index < -0.39 is 9.84 Å². The average Bonchev–Trinajstić information content (AvgIpc) is 2.93. The van der Waals surface area contributed by atoms with Gasteiger partial charge in [0.2, 0.25) is 0 Å². The minimum atomic E-state index is -3.15. The van der Waals surface area contributed by atoms with Crippen molar-refractivity contribution in [2.24, 2.45) is 0 Å². The summed E-state index contributed by atoms with van der Waals surface area (Å²) in [6, 6.07) is 8.82. The fraction of sp³-hybridized carbons (Fsp3) is 0.143. The van der Waals surface area contributed by atoms with Gasteiger partial charge in [-0.15, -0.1) is 11.3 Å². The molecule has 5 nitrogen and oxygen atoms in total. The maximum Gasteiger partial charge on any atom is 0.175 e. The SMILES string of the molecule is CS(=O)(=O)c1ccc(CNc2ncnc3sccc23)cc1. The quantitative estimate of drug-likeness (QED) is 0.800. The first kappa shape index (κ1) is 14.0. The number of hydrogen-bond donors (Lipinski definition) is 1. The molecule has 0 atom stereocenters. The van der Waals surface area contributed by atoms with E-state index in [4.69, 9.17) is 0 Å². The summed E-state index contributed by atoms with van der Waals surface area (Å²) in [5.41, 5.74) is 0.990. The topological polar surface area (TPSA) is 72.0 Å². The third-order valence-corrected chi connectivity index (χ3v) is 5.02. The Labute approximate surface area is 126 Å². The number of sulfone groups is 1. The summed E-state index contributed by atoms with van der Waals surface area (Å²) in [7, 11) is -3.15. The number of benzene rings is 1. The number of anilines is 1. The second kappa shape index (κ2) is 5.42. The minimum Gasteiger partial charge on any atom is -0.365 e. The highest BCUT2D eigenvalue weighted by atomic mass is 32.2. The van der Waals surface area contributed by atoms with Gasteiger partial charge in [-0.1, -0.05) is 12.1 Å². The van der Waals surface area contributed by atoms with Crippen LogP contribution in [0.1, 0.15) is 5.56 Å². The molecule has 21 heavy (non-hydrogen) atoms. The van der Waals surface area contributed by atoms with E-state index in [0.29, 0.717) is 11.4 Å². The lowest BCUT2D eigenvalue weighted by Crippen LogP contribution is -2.03.